The van der Waals surface area contributed by atoms with Gasteiger partial charge in [0.2, 0.25) is 5.91 Å². The first-order valence-corrected chi connectivity index (χ1v) is 6.39. The minimum Gasteiger partial charge on any atom is -0.459 e. The quantitative estimate of drug-likeness (QED) is 0.833. The van der Waals surface area contributed by atoms with Crippen LogP contribution in [0, 0.1) is 0 Å². The van der Waals surface area contributed by atoms with Crippen molar-refractivity contribution in [1.82, 2.24) is 15.2 Å². The summed E-state index contributed by atoms with van der Waals surface area (Å²) in [5, 5.41) is 1.80. The van der Waals surface area contributed by atoms with Crippen molar-refractivity contribution in [2.24, 2.45) is 0 Å². The van der Waals surface area contributed by atoms with E-state index in [1.807, 2.05) is 0 Å². The molecule has 2 amide bonds. The third-order valence-electron chi connectivity index (χ3n) is 2.76. The SMILES string of the molecule is CC(C)(C(=O)NNC(=O)c1ccco1)c1cnsc1. The van der Waals surface area contributed by atoms with E-state index in [1.165, 1.54) is 23.9 Å². The van der Waals surface area contributed by atoms with Crippen molar-refractivity contribution in [3.63, 3.8) is 0 Å². The monoisotopic (exact) mass is 279 g/mol. The number of hydrogen-bond donors (Lipinski definition) is 2. The first kappa shape index (κ1) is 13.3. The number of furan rings is 1. The van der Waals surface area contributed by atoms with Gasteiger partial charge < -0.3 is 4.42 Å². The molecule has 0 aliphatic carbocycles. The van der Waals surface area contributed by atoms with Crippen LogP contribution in [0.25, 0.3) is 0 Å². The summed E-state index contributed by atoms with van der Waals surface area (Å²) in [7, 11) is 0. The number of carbonyl (C=O) groups excluding carboxylic acids is 2. The van der Waals surface area contributed by atoms with Gasteiger partial charge in [-0.1, -0.05) is 0 Å². The van der Waals surface area contributed by atoms with Crippen LogP contribution in [0.5, 0.6) is 0 Å². The molecular formula is C12H13N3O3S. The summed E-state index contributed by atoms with van der Waals surface area (Å²) in [5.41, 5.74) is 4.70. The van der Waals surface area contributed by atoms with Crippen LogP contribution >= 0.6 is 11.5 Å². The van der Waals surface area contributed by atoms with Crippen LogP contribution in [-0.4, -0.2) is 16.2 Å². The fraction of sp³-hybridized carbons (Fsp3) is 0.250. The van der Waals surface area contributed by atoms with E-state index in [-0.39, 0.29) is 11.7 Å². The maximum atomic E-state index is 12.1. The molecule has 6 nitrogen and oxygen atoms in total. The largest absolute Gasteiger partial charge is 0.459 e. The fourth-order valence-electron chi connectivity index (χ4n) is 1.38. The zero-order valence-electron chi connectivity index (χ0n) is 10.5. The molecule has 0 aromatic carbocycles. The lowest BCUT2D eigenvalue weighted by Crippen LogP contribution is -2.49. The summed E-state index contributed by atoms with van der Waals surface area (Å²) < 4.78 is 8.88. The zero-order chi connectivity index (χ0) is 13.9. The third kappa shape index (κ3) is 2.82. The van der Waals surface area contributed by atoms with Gasteiger partial charge in [0.25, 0.3) is 0 Å². The van der Waals surface area contributed by atoms with Crippen LogP contribution in [0.3, 0.4) is 0 Å². The first-order valence-electron chi connectivity index (χ1n) is 5.56. The van der Waals surface area contributed by atoms with Gasteiger partial charge in [0.05, 0.1) is 11.7 Å². The maximum Gasteiger partial charge on any atom is 0.305 e. The predicted molar refractivity (Wildman–Crippen MR) is 69.5 cm³/mol. The van der Waals surface area contributed by atoms with Gasteiger partial charge in [0.15, 0.2) is 5.76 Å². The lowest BCUT2D eigenvalue weighted by Gasteiger charge is -2.22. The second-order valence-corrected chi connectivity index (χ2v) is 5.08. The van der Waals surface area contributed by atoms with E-state index in [4.69, 9.17) is 4.42 Å². The highest BCUT2D eigenvalue weighted by atomic mass is 32.1. The minimum absolute atomic E-state index is 0.135. The summed E-state index contributed by atoms with van der Waals surface area (Å²) in [5.74, 6) is -0.694. The molecule has 2 aromatic heterocycles. The van der Waals surface area contributed by atoms with Crippen LogP contribution in [0.2, 0.25) is 0 Å². The lowest BCUT2D eigenvalue weighted by molar-refractivity contribution is -0.126. The molecule has 0 fully saturated rings. The molecule has 0 aliphatic heterocycles. The lowest BCUT2D eigenvalue weighted by atomic mass is 9.86. The molecule has 0 bridgehead atoms. The van der Waals surface area contributed by atoms with Gasteiger partial charge in [-0.25, -0.2) is 4.37 Å². The van der Waals surface area contributed by atoms with Gasteiger partial charge in [0, 0.05) is 11.6 Å². The molecule has 2 N–H and O–H groups in total. The summed E-state index contributed by atoms with van der Waals surface area (Å²) in [6.45, 7) is 3.51. The number of rotatable bonds is 3. The molecule has 2 aromatic rings. The average Bonchev–Trinajstić information content (AvgIpc) is 3.06. The Labute approximate surface area is 114 Å². The van der Waals surface area contributed by atoms with Gasteiger partial charge in [0.1, 0.15) is 0 Å². The fourth-order valence-corrected chi connectivity index (χ4v) is 2.09. The van der Waals surface area contributed by atoms with Crippen LogP contribution in [-0.2, 0) is 10.2 Å². The van der Waals surface area contributed by atoms with Crippen molar-refractivity contribution in [3.05, 3.63) is 41.3 Å². The second kappa shape index (κ2) is 5.23. The van der Waals surface area contributed by atoms with Crippen molar-refractivity contribution in [3.8, 4) is 0 Å². The van der Waals surface area contributed by atoms with Gasteiger partial charge in [-0.3, -0.25) is 20.4 Å². The van der Waals surface area contributed by atoms with Gasteiger partial charge in [-0.15, -0.1) is 0 Å². The topological polar surface area (TPSA) is 84.2 Å². The van der Waals surface area contributed by atoms with Crippen molar-refractivity contribution in [1.29, 1.82) is 0 Å². The molecule has 2 rings (SSSR count). The Balaban J connectivity index is 1.96. The Morgan fingerprint density at radius 3 is 2.74 bits per heavy atom. The molecule has 0 unspecified atom stereocenters. The Kier molecular flexibility index (Phi) is 3.66. The number of hydrazine groups is 1. The zero-order valence-corrected chi connectivity index (χ0v) is 11.3. The molecule has 0 aliphatic rings. The number of aromatic nitrogens is 1. The molecule has 0 saturated heterocycles. The van der Waals surface area contributed by atoms with Gasteiger partial charge in [-0.05, 0) is 43.1 Å². The summed E-state index contributed by atoms with van der Waals surface area (Å²) >= 11 is 1.27. The van der Waals surface area contributed by atoms with Crippen molar-refractivity contribution < 1.29 is 14.0 Å². The average molecular weight is 279 g/mol. The van der Waals surface area contributed by atoms with E-state index in [9.17, 15) is 9.59 Å². The second-order valence-electron chi connectivity index (χ2n) is 4.42. The molecule has 0 spiro atoms. The van der Waals surface area contributed by atoms with Crippen LogP contribution < -0.4 is 10.9 Å². The summed E-state index contributed by atoms with van der Waals surface area (Å²) in [6, 6.07) is 3.10. The molecule has 0 atom stereocenters. The van der Waals surface area contributed by atoms with E-state index in [0.29, 0.717) is 0 Å². The predicted octanol–water partition coefficient (Wildman–Crippen LogP) is 1.47. The van der Waals surface area contributed by atoms with Crippen molar-refractivity contribution in [2.75, 3.05) is 0 Å². The van der Waals surface area contributed by atoms with Crippen LogP contribution in [0.15, 0.2) is 34.4 Å². The van der Waals surface area contributed by atoms with Crippen molar-refractivity contribution >= 4 is 23.3 Å². The highest BCUT2D eigenvalue weighted by Crippen LogP contribution is 2.23. The molecule has 0 radical (unpaired) electrons. The van der Waals surface area contributed by atoms with E-state index >= 15 is 0 Å². The smallest absolute Gasteiger partial charge is 0.305 e. The van der Waals surface area contributed by atoms with Gasteiger partial charge in [-0.2, -0.15) is 0 Å². The maximum absolute atomic E-state index is 12.1. The van der Waals surface area contributed by atoms with Gasteiger partial charge >= 0.3 is 5.91 Å². The van der Waals surface area contributed by atoms with E-state index in [1.54, 1.807) is 31.5 Å². The summed E-state index contributed by atoms with van der Waals surface area (Å²) in [4.78, 5) is 23.7. The number of nitrogens with one attached hydrogen (secondary N) is 2. The van der Waals surface area contributed by atoms with Crippen LogP contribution in [0.4, 0.5) is 0 Å². The standard InChI is InChI=1S/C12H13N3O3S/c1-12(2,8-6-13-19-7-8)11(17)15-14-10(16)9-4-3-5-18-9/h3-7H,1-2H3,(H,14,16)(H,15,17). The Bertz CT molecular complexity index is 561. The third-order valence-corrected chi connectivity index (χ3v) is 3.34. The number of carbonyl (C=O) groups is 2. The normalized spacial score (nSPS) is 11.1. The Morgan fingerprint density at radius 2 is 2.16 bits per heavy atom. The summed E-state index contributed by atoms with van der Waals surface area (Å²) in [6.07, 6.45) is 3.02. The molecule has 0 saturated carbocycles. The van der Waals surface area contributed by atoms with Crippen molar-refractivity contribution in [2.45, 2.75) is 19.3 Å². The molecule has 19 heavy (non-hydrogen) atoms. The Hall–Kier alpha value is -2.15. The Morgan fingerprint density at radius 1 is 1.37 bits per heavy atom. The molecular weight excluding hydrogens is 266 g/mol. The molecule has 7 heteroatoms. The highest BCUT2D eigenvalue weighted by Gasteiger charge is 2.31. The molecule has 2 heterocycles. The van der Waals surface area contributed by atoms with E-state index < -0.39 is 11.3 Å². The number of amides is 2. The highest BCUT2D eigenvalue weighted by molar-refractivity contribution is 7.03. The number of hydrogen-bond acceptors (Lipinski definition) is 5. The van der Waals surface area contributed by atoms with E-state index in [0.717, 1.165) is 5.56 Å². The first-order chi connectivity index (χ1) is 9.01. The molecule has 100 valence electrons. The van der Waals surface area contributed by atoms with E-state index in [2.05, 4.69) is 15.2 Å². The minimum atomic E-state index is -0.774. The van der Waals surface area contributed by atoms with Crippen LogP contribution in [0.1, 0.15) is 30.0 Å². The number of nitrogens with zero attached hydrogens (tertiary/aromatic N) is 1.